The summed E-state index contributed by atoms with van der Waals surface area (Å²) in [4.78, 5) is 21.7. The second-order valence-corrected chi connectivity index (χ2v) is 4.12. The molecule has 0 aliphatic rings. The van der Waals surface area contributed by atoms with E-state index in [2.05, 4.69) is 5.43 Å². The Kier molecular flexibility index (Phi) is 6.38. The van der Waals surface area contributed by atoms with Crippen molar-refractivity contribution in [3.8, 4) is 5.75 Å². The third kappa shape index (κ3) is 5.87. The summed E-state index contributed by atoms with van der Waals surface area (Å²) in [5.74, 6) is 5.06. The molecule has 1 aromatic carbocycles. The minimum atomic E-state index is -0.454. The maximum Gasteiger partial charge on any atom is 0.248 e. The Labute approximate surface area is 112 Å². The van der Waals surface area contributed by atoms with Crippen molar-refractivity contribution in [2.75, 3.05) is 6.61 Å². The quantitative estimate of drug-likeness (QED) is 0.278. The van der Waals surface area contributed by atoms with Gasteiger partial charge in [-0.05, 0) is 43.5 Å². The lowest BCUT2D eigenvalue weighted by Gasteiger charge is -2.06. The van der Waals surface area contributed by atoms with Crippen molar-refractivity contribution < 1.29 is 14.3 Å². The number of nitrogens with one attached hydrogen (secondary N) is 1. The van der Waals surface area contributed by atoms with Crippen LogP contribution < -0.4 is 21.7 Å². The van der Waals surface area contributed by atoms with Crippen molar-refractivity contribution in [1.82, 2.24) is 5.43 Å². The minimum Gasteiger partial charge on any atom is -0.494 e. The van der Waals surface area contributed by atoms with Crippen LogP contribution in [0.15, 0.2) is 24.3 Å². The molecule has 0 atom stereocenters. The molecule has 0 spiro atoms. The van der Waals surface area contributed by atoms with Gasteiger partial charge in [0, 0.05) is 12.0 Å². The number of hydrazine groups is 1. The average molecular weight is 265 g/mol. The van der Waals surface area contributed by atoms with Crippen LogP contribution in [0.3, 0.4) is 0 Å². The smallest absolute Gasteiger partial charge is 0.248 e. The highest BCUT2D eigenvalue weighted by atomic mass is 16.5. The summed E-state index contributed by atoms with van der Waals surface area (Å²) in [5, 5.41) is 0. The highest BCUT2D eigenvalue weighted by Crippen LogP contribution is 2.12. The fourth-order valence-electron chi connectivity index (χ4n) is 1.54. The first kappa shape index (κ1) is 15.0. The molecule has 6 heteroatoms. The second kappa shape index (κ2) is 8.10. The van der Waals surface area contributed by atoms with Crippen molar-refractivity contribution in [3.05, 3.63) is 29.8 Å². The zero-order chi connectivity index (χ0) is 14.1. The first-order valence-corrected chi connectivity index (χ1v) is 6.15. The van der Waals surface area contributed by atoms with Gasteiger partial charge in [-0.25, -0.2) is 5.84 Å². The topological polar surface area (TPSA) is 107 Å². The van der Waals surface area contributed by atoms with Crippen LogP contribution in [-0.2, 0) is 4.79 Å². The molecule has 0 aromatic heterocycles. The van der Waals surface area contributed by atoms with Gasteiger partial charge in [-0.2, -0.15) is 0 Å². The molecule has 0 bridgehead atoms. The van der Waals surface area contributed by atoms with Gasteiger partial charge in [0.25, 0.3) is 0 Å². The summed E-state index contributed by atoms with van der Waals surface area (Å²) < 4.78 is 5.50. The molecule has 0 heterocycles. The van der Waals surface area contributed by atoms with Crippen molar-refractivity contribution in [3.63, 3.8) is 0 Å². The number of rotatable bonds is 8. The zero-order valence-corrected chi connectivity index (χ0v) is 10.7. The van der Waals surface area contributed by atoms with Crippen LogP contribution >= 0.6 is 0 Å². The maximum absolute atomic E-state index is 10.9. The zero-order valence-electron chi connectivity index (χ0n) is 10.7. The molecule has 6 nitrogen and oxygen atoms in total. The van der Waals surface area contributed by atoms with Gasteiger partial charge in [-0.1, -0.05) is 0 Å². The van der Waals surface area contributed by atoms with E-state index in [9.17, 15) is 9.59 Å². The molecule has 0 aliphatic carbocycles. The van der Waals surface area contributed by atoms with Crippen molar-refractivity contribution in [2.24, 2.45) is 11.6 Å². The third-order valence-corrected chi connectivity index (χ3v) is 2.62. The first-order valence-electron chi connectivity index (χ1n) is 6.15. The van der Waals surface area contributed by atoms with Crippen molar-refractivity contribution >= 4 is 11.8 Å². The van der Waals surface area contributed by atoms with E-state index >= 15 is 0 Å². The number of ether oxygens (including phenoxy) is 1. The molecule has 19 heavy (non-hydrogen) atoms. The summed E-state index contributed by atoms with van der Waals surface area (Å²) >= 11 is 0. The lowest BCUT2D eigenvalue weighted by molar-refractivity contribution is -0.121. The van der Waals surface area contributed by atoms with Gasteiger partial charge in [-0.3, -0.25) is 15.0 Å². The largest absolute Gasteiger partial charge is 0.494 e. The number of primary amides is 1. The van der Waals surface area contributed by atoms with Crippen LogP contribution in [0.4, 0.5) is 0 Å². The van der Waals surface area contributed by atoms with E-state index in [0.29, 0.717) is 24.3 Å². The highest BCUT2D eigenvalue weighted by molar-refractivity contribution is 5.92. The van der Waals surface area contributed by atoms with E-state index in [1.807, 2.05) is 0 Å². The molecule has 0 radical (unpaired) electrons. The number of benzene rings is 1. The Morgan fingerprint density at radius 1 is 1.11 bits per heavy atom. The summed E-state index contributed by atoms with van der Waals surface area (Å²) in [6.07, 6.45) is 2.97. The molecule has 0 aliphatic heterocycles. The van der Waals surface area contributed by atoms with Crippen LogP contribution in [0.25, 0.3) is 0 Å². The van der Waals surface area contributed by atoms with E-state index in [-0.39, 0.29) is 5.91 Å². The normalized spacial score (nSPS) is 9.95. The van der Waals surface area contributed by atoms with Crippen LogP contribution in [0.1, 0.15) is 36.0 Å². The SMILES string of the molecule is NNC(=O)CCCCCOc1ccc(C(N)=O)cc1. The predicted octanol–water partition coefficient (Wildman–Crippen LogP) is 0.715. The minimum absolute atomic E-state index is 0.150. The standard InChI is InChI=1S/C13H19N3O3/c14-13(18)10-5-7-11(8-6-10)19-9-3-1-2-4-12(17)16-15/h5-8H,1-4,9,15H2,(H2,14,18)(H,16,17). The van der Waals surface area contributed by atoms with Crippen LogP contribution in [-0.4, -0.2) is 18.4 Å². The van der Waals surface area contributed by atoms with Crippen LogP contribution in [0, 0.1) is 0 Å². The lowest BCUT2D eigenvalue weighted by Crippen LogP contribution is -2.29. The van der Waals surface area contributed by atoms with Gasteiger partial charge in [0.05, 0.1) is 6.61 Å². The lowest BCUT2D eigenvalue weighted by atomic mass is 10.2. The van der Waals surface area contributed by atoms with E-state index in [0.717, 1.165) is 19.3 Å². The van der Waals surface area contributed by atoms with E-state index in [1.165, 1.54) is 0 Å². The van der Waals surface area contributed by atoms with Gasteiger partial charge in [0.2, 0.25) is 11.8 Å². The number of nitrogens with two attached hydrogens (primary N) is 2. The van der Waals surface area contributed by atoms with Gasteiger partial charge < -0.3 is 10.5 Å². The van der Waals surface area contributed by atoms with Gasteiger partial charge >= 0.3 is 0 Å². The number of hydrogen-bond acceptors (Lipinski definition) is 4. The molecule has 0 unspecified atom stereocenters. The van der Waals surface area contributed by atoms with Gasteiger partial charge in [0.1, 0.15) is 5.75 Å². The molecule has 104 valence electrons. The summed E-state index contributed by atoms with van der Waals surface area (Å²) in [6.45, 7) is 0.570. The number of carbonyl (C=O) groups is 2. The fourth-order valence-corrected chi connectivity index (χ4v) is 1.54. The first-order chi connectivity index (χ1) is 9.13. The van der Waals surface area contributed by atoms with Gasteiger partial charge in [0.15, 0.2) is 0 Å². The van der Waals surface area contributed by atoms with Crippen LogP contribution in [0.5, 0.6) is 5.75 Å². The fraction of sp³-hybridized carbons (Fsp3) is 0.385. The second-order valence-electron chi connectivity index (χ2n) is 4.12. The molecule has 5 N–H and O–H groups in total. The Morgan fingerprint density at radius 3 is 2.37 bits per heavy atom. The molecule has 1 aromatic rings. The van der Waals surface area contributed by atoms with E-state index < -0.39 is 5.91 Å². The predicted molar refractivity (Wildman–Crippen MR) is 71.3 cm³/mol. The number of carbonyl (C=O) groups excluding carboxylic acids is 2. The molecule has 0 fully saturated rings. The third-order valence-electron chi connectivity index (χ3n) is 2.62. The Bertz CT molecular complexity index is 418. The summed E-state index contributed by atoms with van der Waals surface area (Å²) in [6, 6.07) is 6.68. The number of hydrogen-bond donors (Lipinski definition) is 3. The molecular weight excluding hydrogens is 246 g/mol. The molecule has 0 saturated carbocycles. The molecule has 0 saturated heterocycles. The Hall–Kier alpha value is -2.08. The molecule has 2 amide bonds. The van der Waals surface area contributed by atoms with E-state index in [1.54, 1.807) is 24.3 Å². The monoisotopic (exact) mass is 265 g/mol. The van der Waals surface area contributed by atoms with Crippen molar-refractivity contribution in [1.29, 1.82) is 0 Å². The maximum atomic E-state index is 10.9. The highest BCUT2D eigenvalue weighted by Gasteiger charge is 2.01. The van der Waals surface area contributed by atoms with E-state index in [4.69, 9.17) is 16.3 Å². The molecule has 1 rings (SSSR count). The molecular formula is C13H19N3O3. The number of amides is 2. The van der Waals surface area contributed by atoms with Crippen LogP contribution in [0.2, 0.25) is 0 Å². The number of unbranched alkanes of at least 4 members (excludes halogenated alkanes) is 2. The van der Waals surface area contributed by atoms with Gasteiger partial charge in [-0.15, -0.1) is 0 Å². The Balaban J connectivity index is 2.15. The van der Waals surface area contributed by atoms with Crippen molar-refractivity contribution in [2.45, 2.75) is 25.7 Å². The summed E-state index contributed by atoms with van der Waals surface area (Å²) in [5.41, 5.74) is 7.68. The average Bonchev–Trinajstić information content (AvgIpc) is 2.42. The summed E-state index contributed by atoms with van der Waals surface area (Å²) in [7, 11) is 0. The Morgan fingerprint density at radius 2 is 1.79 bits per heavy atom.